The van der Waals surface area contributed by atoms with Gasteiger partial charge < -0.3 is 14.2 Å². The number of hydrogen-bond donors (Lipinski definition) is 2. The van der Waals surface area contributed by atoms with Crippen molar-refractivity contribution in [3.8, 4) is 11.5 Å². The Morgan fingerprint density at radius 2 is 2.16 bits per heavy atom. The van der Waals surface area contributed by atoms with Gasteiger partial charge in [-0.2, -0.15) is 5.10 Å². The Morgan fingerprint density at radius 3 is 2.96 bits per heavy atom. The first-order valence-corrected chi connectivity index (χ1v) is 8.07. The zero-order chi connectivity index (χ0) is 16.8. The molecular weight excluding hydrogens is 320 g/mol. The fourth-order valence-electron chi connectivity index (χ4n) is 2.72. The predicted molar refractivity (Wildman–Crippen MR) is 90.2 cm³/mol. The fraction of sp³-hybridized carbons (Fsp3) is 0.167. The van der Waals surface area contributed by atoms with Crippen molar-refractivity contribution in [1.82, 2.24) is 15.2 Å². The van der Waals surface area contributed by atoms with Gasteiger partial charge in [-0.3, -0.25) is 9.89 Å². The zero-order valence-corrected chi connectivity index (χ0v) is 13.2. The molecule has 0 aliphatic heterocycles. The molecule has 1 aliphatic carbocycles. The number of carbonyl (C=O) groups excluding carboxylic acids is 1. The van der Waals surface area contributed by atoms with Crippen molar-refractivity contribution in [3.05, 3.63) is 54.2 Å². The van der Waals surface area contributed by atoms with Crippen LogP contribution in [-0.2, 0) is 0 Å². The molecule has 1 saturated carbocycles. The molecule has 1 aliphatic rings. The molecular formula is C18H14N4O3. The smallest absolute Gasteiger partial charge is 0.276 e. The molecule has 0 bridgehead atoms. The van der Waals surface area contributed by atoms with Crippen molar-refractivity contribution in [3.63, 3.8) is 0 Å². The molecule has 7 heteroatoms. The highest BCUT2D eigenvalue weighted by Gasteiger charge is 2.28. The Hall–Kier alpha value is -3.35. The van der Waals surface area contributed by atoms with Crippen LogP contribution in [-0.4, -0.2) is 21.1 Å². The second-order valence-corrected chi connectivity index (χ2v) is 6.11. The second-order valence-electron chi connectivity index (χ2n) is 6.11. The number of benzene rings is 1. The highest BCUT2D eigenvalue weighted by molar-refractivity contribution is 6.04. The van der Waals surface area contributed by atoms with E-state index in [9.17, 15) is 4.79 Å². The molecule has 25 heavy (non-hydrogen) atoms. The molecule has 0 spiro atoms. The monoisotopic (exact) mass is 334 g/mol. The largest absolute Gasteiger partial charge is 0.463 e. The van der Waals surface area contributed by atoms with E-state index in [1.807, 2.05) is 12.1 Å². The van der Waals surface area contributed by atoms with E-state index in [1.54, 1.807) is 30.5 Å². The number of nitrogens with one attached hydrogen (secondary N) is 2. The number of furan rings is 1. The molecule has 1 amide bonds. The van der Waals surface area contributed by atoms with E-state index >= 15 is 0 Å². The van der Waals surface area contributed by atoms with Crippen molar-refractivity contribution in [2.75, 3.05) is 5.32 Å². The van der Waals surface area contributed by atoms with Crippen LogP contribution >= 0.6 is 0 Å². The molecule has 3 aromatic heterocycles. The first kappa shape index (κ1) is 14.0. The van der Waals surface area contributed by atoms with Gasteiger partial charge in [0.05, 0.1) is 6.26 Å². The fourth-order valence-corrected chi connectivity index (χ4v) is 2.72. The van der Waals surface area contributed by atoms with Gasteiger partial charge in [0, 0.05) is 17.7 Å². The predicted octanol–water partition coefficient (Wildman–Crippen LogP) is 3.94. The molecule has 1 fully saturated rings. The van der Waals surface area contributed by atoms with Crippen molar-refractivity contribution in [2.45, 2.75) is 18.8 Å². The third-order valence-corrected chi connectivity index (χ3v) is 4.19. The first-order valence-electron chi connectivity index (χ1n) is 8.07. The van der Waals surface area contributed by atoms with Crippen LogP contribution < -0.4 is 5.32 Å². The Labute approximate surface area is 142 Å². The number of nitrogens with zero attached hydrogens (tertiary/aromatic N) is 2. The van der Waals surface area contributed by atoms with E-state index in [4.69, 9.17) is 8.83 Å². The number of anilines is 1. The van der Waals surface area contributed by atoms with Crippen LogP contribution in [0.25, 0.3) is 22.6 Å². The average molecular weight is 334 g/mol. The number of rotatable bonds is 4. The maximum atomic E-state index is 12.4. The second kappa shape index (κ2) is 5.34. The zero-order valence-electron chi connectivity index (χ0n) is 13.2. The van der Waals surface area contributed by atoms with Gasteiger partial charge in [0.25, 0.3) is 5.91 Å². The van der Waals surface area contributed by atoms with E-state index in [1.165, 1.54) is 0 Å². The Bertz CT molecular complexity index is 1060. The molecule has 0 radical (unpaired) electrons. The number of aromatic nitrogens is 3. The molecule has 2 N–H and O–H groups in total. The van der Waals surface area contributed by atoms with Crippen molar-refractivity contribution in [1.29, 1.82) is 0 Å². The van der Waals surface area contributed by atoms with Crippen LogP contribution in [0.3, 0.4) is 0 Å². The maximum absolute atomic E-state index is 12.4. The normalized spacial score (nSPS) is 14.1. The molecule has 0 atom stereocenters. The van der Waals surface area contributed by atoms with E-state index in [0.717, 1.165) is 29.8 Å². The molecule has 1 aromatic carbocycles. The molecule has 0 unspecified atom stereocenters. The van der Waals surface area contributed by atoms with E-state index < -0.39 is 0 Å². The van der Waals surface area contributed by atoms with Gasteiger partial charge in [0.2, 0.25) is 0 Å². The number of fused-ring (bicyclic) bond motifs is 1. The van der Waals surface area contributed by atoms with Crippen molar-refractivity contribution < 1.29 is 13.6 Å². The molecule has 124 valence electrons. The molecule has 7 nitrogen and oxygen atoms in total. The summed E-state index contributed by atoms with van der Waals surface area (Å²) in [5.41, 5.74) is 3.06. The van der Waals surface area contributed by atoms with Crippen LogP contribution in [0.4, 0.5) is 5.69 Å². The van der Waals surface area contributed by atoms with Gasteiger partial charge in [-0.25, -0.2) is 4.98 Å². The van der Waals surface area contributed by atoms with Crippen LogP contribution in [0.5, 0.6) is 0 Å². The first-order chi connectivity index (χ1) is 12.3. The Kier molecular flexibility index (Phi) is 3.00. The maximum Gasteiger partial charge on any atom is 0.276 e. The lowest BCUT2D eigenvalue weighted by molar-refractivity contribution is 0.102. The standard InChI is InChI=1S/C18H14N4O3/c23-17(14-9-13(21-22-14)15-2-1-7-24-15)19-11-5-6-16-12(8-11)20-18(25-16)10-3-4-10/h1-2,5-10H,3-4H2,(H,19,23)(H,21,22). The molecule has 5 rings (SSSR count). The average Bonchev–Trinajstić information content (AvgIpc) is 3.06. The van der Waals surface area contributed by atoms with Gasteiger partial charge in [-0.1, -0.05) is 0 Å². The number of aromatic amines is 1. The number of amides is 1. The minimum absolute atomic E-state index is 0.283. The summed E-state index contributed by atoms with van der Waals surface area (Å²) in [5.74, 6) is 1.56. The summed E-state index contributed by atoms with van der Waals surface area (Å²) >= 11 is 0. The number of carbonyl (C=O) groups is 1. The van der Waals surface area contributed by atoms with Gasteiger partial charge in [0.15, 0.2) is 22.9 Å². The molecule has 3 heterocycles. The van der Waals surface area contributed by atoms with Gasteiger partial charge >= 0.3 is 0 Å². The summed E-state index contributed by atoms with van der Waals surface area (Å²) in [4.78, 5) is 16.9. The number of oxazole rings is 1. The highest BCUT2D eigenvalue weighted by atomic mass is 16.3. The highest BCUT2D eigenvalue weighted by Crippen LogP contribution is 2.40. The van der Waals surface area contributed by atoms with Crippen molar-refractivity contribution >= 4 is 22.7 Å². The Balaban J connectivity index is 1.37. The minimum atomic E-state index is -0.306. The SMILES string of the molecule is O=C(Nc1ccc2oc(C3CC3)nc2c1)c1cc(-c2ccco2)[nH]n1. The number of H-pyrrole nitrogens is 1. The number of hydrogen-bond acceptors (Lipinski definition) is 5. The van der Waals surface area contributed by atoms with Crippen molar-refractivity contribution in [2.24, 2.45) is 0 Å². The lowest BCUT2D eigenvalue weighted by Crippen LogP contribution is -2.12. The van der Waals surface area contributed by atoms with Crippen LogP contribution in [0.2, 0.25) is 0 Å². The minimum Gasteiger partial charge on any atom is -0.463 e. The third kappa shape index (κ3) is 2.59. The Morgan fingerprint density at radius 1 is 1.24 bits per heavy atom. The molecule has 0 saturated heterocycles. The summed E-state index contributed by atoms with van der Waals surface area (Å²) in [6, 6.07) is 10.6. The van der Waals surface area contributed by atoms with Crippen LogP contribution in [0.1, 0.15) is 35.1 Å². The quantitative estimate of drug-likeness (QED) is 0.589. The topological polar surface area (TPSA) is 97.0 Å². The van der Waals surface area contributed by atoms with Crippen LogP contribution in [0.15, 0.2) is 51.5 Å². The van der Waals surface area contributed by atoms with E-state index in [2.05, 4.69) is 20.5 Å². The lowest BCUT2D eigenvalue weighted by Gasteiger charge is -2.01. The van der Waals surface area contributed by atoms with Gasteiger partial charge in [-0.15, -0.1) is 0 Å². The third-order valence-electron chi connectivity index (χ3n) is 4.19. The molecule has 4 aromatic rings. The van der Waals surface area contributed by atoms with E-state index in [-0.39, 0.29) is 11.6 Å². The summed E-state index contributed by atoms with van der Waals surface area (Å²) < 4.78 is 11.0. The summed E-state index contributed by atoms with van der Waals surface area (Å²) in [5, 5.41) is 9.66. The summed E-state index contributed by atoms with van der Waals surface area (Å²) in [7, 11) is 0. The lowest BCUT2D eigenvalue weighted by atomic mass is 10.2. The van der Waals surface area contributed by atoms with Gasteiger partial charge in [-0.05, 0) is 43.2 Å². The summed E-state index contributed by atoms with van der Waals surface area (Å²) in [6.45, 7) is 0. The van der Waals surface area contributed by atoms with Gasteiger partial charge in [0.1, 0.15) is 11.2 Å². The summed E-state index contributed by atoms with van der Waals surface area (Å²) in [6.07, 6.45) is 3.83. The van der Waals surface area contributed by atoms with E-state index in [0.29, 0.717) is 23.1 Å². The van der Waals surface area contributed by atoms with Crippen LogP contribution in [0, 0.1) is 0 Å².